The van der Waals surface area contributed by atoms with Crippen LogP contribution >= 0.6 is 0 Å². The van der Waals surface area contributed by atoms with E-state index in [1.165, 1.54) is 31.5 Å². The summed E-state index contributed by atoms with van der Waals surface area (Å²) in [4.78, 5) is 25.9. The highest BCUT2D eigenvalue weighted by Gasteiger charge is 2.35. The highest BCUT2D eigenvalue weighted by atomic mass is 16.5. The van der Waals surface area contributed by atoms with Crippen LogP contribution in [0.1, 0.15) is 24.8 Å². The topological polar surface area (TPSA) is 100.0 Å². The first-order valence-corrected chi connectivity index (χ1v) is 9.76. The minimum absolute atomic E-state index is 0.342. The summed E-state index contributed by atoms with van der Waals surface area (Å²) < 4.78 is 6.20. The van der Waals surface area contributed by atoms with Gasteiger partial charge in [-0.05, 0) is 50.9 Å². The Morgan fingerprint density at radius 3 is 2.17 bits per heavy atom. The lowest BCUT2D eigenvalue weighted by atomic mass is 9.86. The molecule has 0 aliphatic carbocycles. The Labute approximate surface area is 170 Å². The molecular formula is C22H26N2O5. The zero-order chi connectivity index (χ0) is 20.8. The molecule has 4 heterocycles. The predicted molar refractivity (Wildman–Crippen MR) is 108 cm³/mol. The molecule has 7 nitrogen and oxygen atoms in total. The van der Waals surface area contributed by atoms with Gasteiger partial charge in [-0.2, -0.15) is 0 Å². The maximum Gasteiger partial charge on any atom is 0.314 e. The molecule has 1 aromatic heterocycles. The van der Waals surface area contributed by atoms with Crippen molar-refractivity contribution in [2.45, 2.75) is 32.3 Å². The summed E-state index contributed by atoms with van der Waals surface area (Å²) >= 11 is 0. The molecule has 3 aliphatic heterocycles. The summed E-state index contributed by atoms with van der Waals surface area (Å²) in [5.74, 6) is -1.00. The number of hydrogen-bond acceptors (Lipinski definition) is 5. The Balaban J connectivity index is 0.000000298. The molecule has 3 saturated heterocycles. The molecule has 2 N–H and O–H groups in total. The first kappa shape index (κ1) is 20.8. The quantitative estimate of drug-likeness (QED) is 0.747. The smallest absolute Gasteiger partial charge is 0.314 e. The molecule has 154 valence electrons. The van der Waals surface area contributed by atoms with Crippen LogP contribution in [0.5, 0.6) is 5.75 Å². The van der Waals surface area contributed by atoms with Gasteiger partial charge < -0.3 is 14.9 Å². The maximum atomic E-state index is 9.43. The van der Waals surface area contributed by atoms with E-state index >= 15 is 0 Å². The Morgan fingerprint density at radius 2 is 1.72 bits per heavy atom. The average molecular weight is 398 g/mol. The molecule has 7 heteroatoms. The van der Waals surface area contributed by atoms with Crippen molar-refractivity contribution in [1.29, 1.82) is 0 Å². The zero-order valence-corrected chi connectivity index (χ0v) is 16.5. The van der Waals surface area contributed by atoms with Gasteiger partial charge in [0.2, 0.25) is 0 Å². The van der Waals surface area contributed by atoms with Gasteiger partial charge in [0.1, 0.15) is 18.3 Å². The van der Waals surface area contributed by atoms with Crippen LogP contribution in [0.25, 0.3) is 11.3 Å². The number of carbonyl (C=O) groups is 2. The highest BCUT2D eigenvalue weighted by Crippen LogP contribution is 2.31. The number of fused-ring (bicyclic) bond motifs is 3. The van der Waals surface area contributed by atoms with E-state index in [0.29, 0.717) is 6.10 Å². The van der Waals surface area contributed by atoms with Crippen LogP contribution in [0.3, 0.4) is 0 Å². The summed E-state index contributed by atoms with van der Waals surface area (Å²) in [6.45, 7) is 5.66. The molecule has 2 aromatic rings. The fraction of sp³-hybridized carbons (Fsp3) is 0.409. The van der Waals surface area contributed by atoms with Crippen molar-refractivity contribution in [3.8, 4) is 17.0 Å². The fourth-order valence-corrected chi connectivity index (χ4v) is 3.69. The van der Waals surface area contributed by atoms with Gasteiger partial charge in [-0.15, -0.1) is 0 Å². The van der Waals surface area contributed by atoms with Crippen molar-refractivity contribution < 1.29 is 24.5 Å². The van der Waals surface area contributed by atoms with Crippen molar-refractivity contribution in [3.05, 3.63) is 48.2 Å². The summed E-state index contributed by atoms with van der Waals surface area (Å²) in [6.07, 6.45) is 3.96. The first-order chi connectivity index (χ1) is 13.9. The average Bonchev–Trinajstić information content (AvgIpc) is 2.70. The van der Waals surface area contributed by atoms with Crippen molar-refractivity contribution in [2.24, 2.45) is 5.92 Å². The van der Waals surface area contributed by atoms with Crippen LogP contribution < -0.4 is 4.74 Å². The van der Waals surface area contributed by atoms with Crippen LogP contribution in [0.4, 0.5) is 0 Å². The van der Waals surface area contributed by atoms with Crippen LogP contribution in [-0.4, -0.2) is 57.8 Å². The van der Waals surface area contributed by atoms with E-state index in [-0.39, 0.29) is 0 Å². The third-order valence-corrected chi connectivity index (χ3v) is 5.27. The summed E-state index contributed by atoms with van der Waals surface area (Å²) in [5, 5.41) is 15.4. The molecule has 1 atom stereocenters. The van der Waals surface area contributed by atoms with Gasteiger partial charge in [-0.1, -0.05) is 29.8 Å². The number of benzene rings is 1. The van der Waals surface area contributed by atoms with Gasteiger partial charge in [0.05, 0.1) is 11.9 Å². The lowest BCUT2D eigenvalue weighted by Crippen LogP contribution is -2.52. The van der Waals surface area contributed by atoms with Crippen LogP contribution in [0, 0.1) is 12.8 Å². The number of pyridine rings is 1. The molecular weight excluding hydrogens is 372 g/mol. The molecule has 2 bridgehead atoms. The molecule has 29 heavy (non-hydrogen) atoms. The number of nitrogens with zero attached hydrogens (tertiary/aromatic N) is 2. The summed E-state index contributed by atoms with van der Waals surface area (Å²) in [6, 6.07) is 12.6. The molecule has 1 aromatic carbocycles. The molecule has 0 saturated carbocycles. The van der Waals surface area contributed by atoms with Gasteiger partial charge in [-0.25, -0.2) is 0 Å². The van der Waals surface area contributed by atoms with E-state index in [2.05, 4.69) is 53.2 Å². The first-order valence-electron chi connectivity index (χ1n) is 9.76. The molecule has 0 radical (unpaired) electrons. The number of piperidine rings is 3. The summed E-state index contributed by atoms with van der Waals surface area (Å²) in [7, 11) is 0. The number of aromatic nitrogens is 1. The second-order valence-electron chi connectivity index (χ2n) is 7.50. The van der Waals surface area contributed by atoms with Gasteiger partial charge in [0.25, 0.3) is 0 Å². The molecule has 0 amide bonds. The van der Waals surface area contributed by atoms with Crippen LogP contribution in [0.15, 0.2) is 42.6 Å². The van der Waals surface area contributed by atoms with E-state index in [0.717, 1.165) is 29.5 Å². The molecule has 3 aliphatic rings. The standard InChI is InChI=1S/C19H22N2O.C3H4O4/c1-14-2-4-15(5-3-14)18-7-6-17(12-20-18)22-19-13-21-10-8-16(19)9-11-21;4-2(5)1-3(6)7/h2-7,12,16,19H,8-11,13H2,1H3;1H2,(H,4,5)(H,6,7)/t19-;/m0./s1. The normalized spacial score (nSPS) is 22.3. The number of rotatable bonds is 5. The largest absolute Gasteiger partial charge is 0.487 e. The monoisotopic (exact) mass is 398 g/mol. The second-order valence-corrected chi connectivity index (χ2v) is 7.50. The number of aryl methyl sites for hydroxylation is 1. The number of hydrogen-bond donors (Lipinski definition) is 2. The van der Waals surface area contributed by atoms with Crippen molar-refractivity contribution in [3.63, 3.8) is 0 Å². The van der Waals surface area contributed by atoms with Gasteiger partial charge in [0.15, 0.2) is 0 Å². The lowest BCUT2D eigenvalue weighted by molar-refractivity contribution is -0.147. The zero-order valence-electron chi connectivity index (χ0n) is 16.5. The van der Waals surface area contributed by atoms with Crippen molar-refractivity contribution in [1.82, 2.24) is 9.88 Å². The Kier molecular flexibility index (Phi) is 6.82. The molecule has 5 rings (SSSR count). The minimum atomic E-state index is -1.31. The fourth-order valence-electron chi connectivity index (χ4n) is 3.69. The number of carboxylic acid groups (broad SMARTS) is 2. The number of aliphatic carboxylic acids is 2. The Morgan fingerprint density at radius 1 is 1.07 bits per heavy atom. The van der Waals surface area contributed by atoms with Crippen molar-refractivity contribution in [2.75, 3.05) is 19.6 Å². The van der Waals surface area contributed by atoms with E-state index in [4.69, 9.17) is 14.9 Å². The number of ether oxygens (including phenoxy) is 1. The lowest BCUT2D eigenvalue weighted by Gasteiger charge is -2.44. The predicted octanol–water partition coefficient (Wildman–Crippen LogP) is 3.08. The minimum Gasteiger partial charge on any atom is -0.487 e. The second kappa shape index (κ2) is 9.52. The van der Waals surface area contributed by atoms with Gasteiger partial charge >= 0.3 is 11.9 Å². The number of carboxylic acids is 2. The summed E-state index contributed by atoms with van der Waals surface area (Å²) in [5.41, 5.74) is 3.42. The Bertz CT molecular complexity index is 815. The maximum absolute atomic E-state index is 9.43. The van der Waals surface area contributed by atoms with Crippen molar-refractivity contribution >= 4 is 11.9 Å². The highest BCUT2D eigenvalue weighted by molar-refractivity contribution is 5.88. The molecule has 0 spiro atoms. The van der Waals surface area contributed by atoms with E-state index in [9.17, 15) is 9.59 Å². The van der Waals surface area contributed by atoms with Crippen LogP contribution in [-0.2, 0) is 9.59 Å². The van der Waals surface area contributed by atoms with E-state index in [1.54, 1.807) is 0 Å². The van der Waals surface area contributed by atoms with Gasteiger partial charge in [-0.3, -0.25) is 19.5 Å². The third-order valence-electron chi connectivity index (χ3n) is 5.27. The van der Waals surface area contributed by atoms with Crippen LogP contribution in [0.2, 0.25) is 0 Å². The van der Waals surface area contributed by atoms with Gasteiger partial charge in [0, 0.05) is 12.1 Å². The molecule has 0 unspecified atom stereocenters. The Hall–Kier alpha value is -2.93. The molecule has 3 fully saturated rings. The third kappa shape index (κ3) is 6.02. The van der Waals surface area contributed by atoms with E-state index in [1.807, 2.05) is 6.20 Å². The SMILES string of the molecule is Cc1ccc(-c2ccc(O[C@H]3CN4CCC3CC4)cn2)cc1.O=C(O)CC(=O)O. The van der Waals surface area contributed by atoms with E-state index < -0.39 is 18.4 Å².